The van der Waals surface area contributed by atoms with Crippen molar-refractivity contribution >= 4 is 38.6 Å². The van der Waals surface area contributed by atoms with Crippen LogP contribution in [0.5, 0.6) is 0 Å². The molecule has 10 atom stereocenters. The van der Waals surface area contributed by atoms with E-state index in [2.05, 4.69) is 19.9 Å². The van der Waals surface area contributed by atoms with Gasteiger partial charge in [-0.05, 0) is 6.07 Å². The third-order valence-corrected chi connectivity index (χ3v) is 8.75. The fourth-order valence-corrected chi connectivity index (χ4v) is 6.81. The number of aliphatic hydroxyl groups excluding tert-OH is 2. The van der Waals surface area contributed by atoms with Crippen LogP contribution in [0.2, 0.25) is 0 Å². The van der Waals surface area contributed by atoms with Crippen molar-refractivity contribution < 1.29 is 56.7 Å². The number of H-pyrrole nitrogens is 1. The molecule has 3 saturated heterocycles. The first-order chi connectivity index (χ1) is 20.2. The Morgan fingerprint density at radius 2 is 1.47 bits per heavy atom. The second kappa shape index (κ2) is 10.8. The number of nitrogen functional groups attached to an aromatic ring is 2. The molecule has 0 bridgehead atoms. The zero-order chi connectivity index (χ0) is 30.8. The van der Waals surface area contributed by atoms with Crippen molar-refractivity contribution in [1.29, 1.82) is 0 Å². The normalized spacial score (nSPS) is 38.7. The third kappa shape index (κ3) is 5.64. The molecule has 24 heteroatoms. The number of anilines is 2. The Morgan fingerprint density at radius 3 is 2.02 bits per heavy atom. The van der Waals surface area contributed by atoms with Crippen LogP contribution in [-0.2, 0) is 36.7 Å². The summed E-state index contributed by atoms with van der Waals surface area (Å²) in [6.45, 7) is -1.74. The number of aromatic amines is 1. The first kappa shape index (κ1) is 29.9. The number of phosphoric acid groups is 2. The Hall–Kier alpha value is -3.11. The molecule has 4 unspecified atom stereocenters. The Morgan fingerprint density at radius 1 is 0.907 bits per heavy atom. The first-order valence-electron chi connectivity index (χ1n) is 12.3. The van der Waals surface area contributed by atoms with E-state index in [1.165, 1.54) is 6.07 Å². The maximum Gasteiger partial charge on any atom is 0.472 e. The van der Waals surface area contributed by atoms with Crippen LogP contribution in [0.15, 0.2) is 28.2 Å². The number of fused-ring (bicyclic) bond motifs is 3. The quantitative estimate of drug-likeness (QED) is 0.137. The number of aromatic nitrogens is 6. The molecule has 22 nitrogen and oxygen atoms in total. The van der Waals surface area contributed by atoms with Gasteiger partial charge in [-0.25, -0.2) is 18.9 Å². The number of aliphatic hydroxyl groups is 2. The van der Waals surface area contributed by atoms with Gasteiger partial charge in [-0.3, -0.25) is 37.0 Å². The Labute approximate surface area is 237 Å². The van der Waals surface area contributed by atoms with Crippen molar-refractivity contribution in [3.63, 3.8) is 0 Å². The maximum atomic E-state index is 13.0. The van der Waals surface area contributed by atoms with Crippen molar-refractivity contribution in [3.05, 3.63) is 39.4 Å². The molecule has 0 radical (unpaired) electrons. The summed E-state index contributed by atoms with van der Waals surface area (Å²) in [4.78, 5) is 59.1. The summed E-state index contributed by atoms with van der Waals surface area (Å²) >= 11 is 0. The zero-order valence-corrected chi connectivity index (χ0v) is 23.2. The SMILES string of the molecule is Nc1ccn([C@@H]2O[C@@H]3COP(=O)(O)OC4[C@@H](COP(=O)(O)OC3[C@@H]2O)O[C@@H](n2cnc3c(=O)[nH]c(N)nc32)[C@H]4O)c(=O)n1. The van der Waals surface area contributed by atoms with Gasteiger partial charge in [0.05, 0.1) is 19.5 Å². The largest absolute Gasteiger partial charge is 0.472 e. The van der Waals surface area contributed by atoms with Gasteiger partial charge in [0.15, 0.2) is 23.6 Å². The summed E-state index contributed by atoms with van der Waals surface area (Å²) < 4.78 is 59.6. The topological polar surface area (TPSA) is 321 Å². The summed E-state index contributed by atoms with van der Waals surface area (Å²) in [5, 5.41) is 21.9. The number of ether oxygens (including phenoxy) is 2. The molecule has 234 valence electrons. The number of nitrogens with two attached hydrogens (primary N) is 2. The van der Waals surface area contributed by atoms with E-state index in [0.29, 0.717) is 0 Å². The van der Waals surface area contributed by atoms with Crippen LogP contribution >= 0.6 is 15.6 Å². The summed E-state index contributed by atoms with van der Waals surface area (Å²) in [5.74, 6) is -0.405. The van der Waals surface area contributed by atoms with Gasteiger partial charge in [-0.2, -0.15) is 9.97 Å². The molecule has 3 fully saturated rings. The van der Waals surface area contributed by atoms with Crippen LogP contribution in [0.1, 0.15) is 12.5 Å². The number of imidazole rings is 1. The molecule has 0 aromatic carbocycles. The maximum absolute atomic E-state index is 13.0. The van der Waals surface area contributed by atoms with Gasteiger partial charge in [0.25, 0.3) is 5.56 Å². The third-order valence-electron chi connectivity index (χ3n) is 6.78. The molecule has 0 spiro atoms. The lowest BCUT2D eigenvalue weighted by molar-refractivity contribution is -0.0675. The van der Waals surface area contributed by atoms with Crippen molar-refractivity contribution in [3.8, 4) is 0 Å². The molecule has 3 aromatic rings. The van der Waals surface area contributed by atoms with Gasteiger partial charge in [-0.15, -0.1) is 0 Å². The van der Waals surface area contributed by atoms with E-state index < -0.39 is 89.2 Å². The van der Waals surface area contributed by atoms with Crippen LogP contribution in [0.25, 0.3) is 11.2 Å². The van der Waals surface area contributed by atoms with Gasteiger partial charge in [-0.1, -0.05) is 0 Å². The monoisotopic (exact) mass is 650 g/mol. The summed E-state index contributed by atoms with van der Waals surface area (Å²) in [6.07, 6.45) is -10.9. The van der Waals surface area contributed by atoms with Crippen LogP contribution in [-0.4, -0.2) is 98.9 Å². The average molecular weight is 650 g/mol. The number of nitrogens with zero attached hydrogens (tertiary/aromatic N) is 5. The lowest BCUT2D eigenvalue weighted by atomic mass is 10.1. The number of hydrogen-bond acceptors (Lipinski definition) is 17. The fraction of sp³-hybridized carbons (Fsp3) is 0.526. The molecule has 3 aliphatic heterocycles. The fourth-order valence-electron chi connectivity index (χ4n) is 4.88. The van der Waals surface area contributed by atoms with Crippen LogP contribution < -0.4 is 22.7 Å². The molecule has 43 heavy (non-hydrogen) atoms. The van der Waals surface area contributed by atoms with Gasteiger partial charge in [0.1, 0.15) is 42.4 Å². The van der Waals surface area contributed by atoms with Crippen LogP contribution in [0.3, 0.4) is 0 Å². The highest BCUT2D eigenvalue weighted by molar-refractivity contribution is 7.47. The molecular weight excluding hydrogens is 626 g/mol. The number of hydrogen-bond donors (Lipinski definition) is 7. The molecule has 0 saturated carbocycles. The molecule has 9 N–H and O–H groups in total. The number of nitrogens with one attached hydrogen (secondary N) is 1. The van der Waals surface area contributed by atoms with E-state index >= 15 is 0 Å². The average Bonchev–Trinajstić information content (AvgIpc) is 3.56. The standard InChI is InChI=1S/C19H24N8O14P2/c20-8-1-2-26(19(31)23-8)16-10(28)12-6(38-16)3-36-43(34,35)41-13-7(4-37-42(32,33)40-12)39-17(11(13)29)27-5-22-9-14(27)24-18(21)25-15(9)30/h1-2,5-7,10-13,16-17,28-29H,3-4H2,(H,32,33)(H,34,35)(H2,20,23,31)(H3,21,24,25,30)/t6-,7-,10+,11+,12?,13?,16-,17-/m1/s1. The highest BCUT2D eigenvalue weighted by Crippen LogP contribution is 2.53. The zero-order valence-electron chi connectivity index (χ0n) is 21.4. The smallest absolute Gasteiger partial charge is 0.386 e. The minimum Gasteiger partial charge on any atom is -0.386 e. The summed E-state index contributed by atoms with van der Waals surface area (Å²) in [6, 6.07) is 1.22. The minimum atomic E-state index is -5.08. The lowest BCUT2D eigenvalue weighted by Crippen LogP contribution is -2.39. The first-order valence-corrected chi connectivity index (χ1v) is 15.3. The minimum absolute atomic E-state index is 0.118. The molecule has 6 rings (SSSR count). The molecule has 0 aliphatic carbocycles. The molecular formula is C19H24N8O14P2. The van der Waals surface area contributed by atoms with Crippen LogP contribution in [0.4, 0.5) is 11.8 Å². The molecule has 0 amide bonds. The lowest BCUT2D eigenvalue weighted by Gasteiger charge is -2.27. The Balaban J connectivity index is 1.28. The van der Waals surface area contributed by atoms with Crippen molar-refractivity contribution in [1.82, 2.24) is 29.1 Å². The van der Waals surface area contributed by atoms with Gasteiger partial charge in [0.2, 0.25) is 5.95 Å². The highest BCUT2D eigenvalue weighted by Gasteiger charge is 2.54. The summed E-state index contributed by atoms with van der Waals surface area (Å²) in [5.41, 5.74) is 9.17. The molecule has 3 aliphatic rings. The summed E-state index contributed by atoms with van der Waals surface area (Å²) in [7, 11) is -10.2. The van der Waals surface area contributed by atoms with Gasteiger partial charge < -0.3 is 40.9 Å². The number of rotatable bonds is 2. The van der Waals surface area contributed by atoms with Crippen molar-refractivity contribution in [2.45, 2.75) is 49.1 Å². The van der Waals surface area contributed by atoms with Crippen molar-refractivity contribution in [2.75, 3.05) is 24.7 Å². The Bertz CT molecular complexity index is 1760. The van der Waals surface area contributed by atoms with Gasteiger partial charge >= 0.3 is 21.3 Å². The predicted octanol–water partition coefficient (Wildman–Crippen LogP) is -2.92. The van der Waals surface area contributed by atoms with E-state index in [9.17, 15) is 38.7 Å². The second-order valence-electron chi connectivity index (χ2n) is 9.60. The van der Waals surface area contributed by atoms with Crippen molar-refractivity contribution in [2.24, 2.45) is 0 Å². The van der Waals surface area contributed by atoms with Crippen LogP contribution in [0, 0.1) is 0 Å². The second-order valence-corrected chi connectivity index (χ2v) is 12.4. The number of phosphoric ester groups is 2. The van der Waals surface area contributed by atoms with E-state index in [-0.39, 0.29) is 22.9 Å². The van der Waals surface area contributed by atoms with E-state index in [1.807, 2.05) is 0 Å². The van der Waals surface area contributed by atoms with Gasteiger partial charge in [0, 0.05) is 6.20 Å². The highest BCUT2D eigenvalue weighted by atomic mass is 31.2. The van der Waals surface area contributed by atoms with E-state index in [1.54, 1.807) is 0 Å². The van der Waals surface area contributed by atoms with E-state index in [0.717, 1.165) is 21.7 Å². The molecule has 3 aromatic heterocycles. The Kier molecular flexibility index (Phi) is 7.52. The predicted molar refractivity (Wildman–Crippen MR) is 137 cm³/mol. The molecule has 6 heterocycles. The van der Waals surface area contributed by atoms with E-state index in [4.69, 9.17) is 39.0 Å².